The Morgan fingerprint density at radius 3 is 2.53 bits per heavy atom. The smallest absolute Gasteiger partial charge is 0.191 e. The molecule has 30 heavy (non-hydrogen) atoms. The number of morpholine rings is 2. The number of rotatable bonds is 7. The second-order valence-corrected chi connectivity index (χ2v) is 7.53. The molecule has 0 radical (unpaired) electrons. The van der Waals surface area contributed by atoms with Crippen LogP contribution in [0.4, 0.5) is 0 Å². The predicted molar refractivity (Wildman–Crippen MR) is 130 cm³/mol. The Kier molecular flexibility index (Phi) is 11.1. The Hall–Kier alpha value is -1.14. The van der Waals surface area contributed by atoms with Crippen LogP contribution in [0.1, 0.15) is 11.6 Å². The minimum atomic E-state index is 0. The summed E-state index contributed by atoms with van der Waals surface area (Å²) in [5.74, 6) is 1.67. The van der Waals surface area contributed by atoms with E-state index in [-0.39, 0.29) is 36.1 Å². The summed E-state index contributed by atoms with van der Waals surface area (Å²) in [6.07, 6.45) is 0.184. The number of aliphatic imine (C=N–C) groups is 1. The first-order valence-electron chi connectivity index (χ1n) is 10.4. The average Bonchev–Trinajstić information content (AvgIpc) is 2.77. The molecule has 0 bridgehead atoms. The lowest BCUT2D eigenvalue weighted by Gasteiger charge is -2.35. The number of hydrogen-bond acceptors (Lipinski definition) is 6. The number of guanidine groups is 1. The van der Waals surface area contributed by atoms with Crippen LogP contribution in [0.15, 0.2) is 29.3 Å². The zero-order chi connectivity index (χ0) is 20.5. The summed E-state index contributed by atoms with van der Waals surface area (Å²) >= 11 is 0. The van der Waals surface area contributed by atoms with Crippen molar-refractivity contribution in [3.05, 3.63) is 29.8 Å². The molecule has 0 saturated carbocycles. The van der Waals surface area contributed by atoms with E-state index in [0.717, 1.165) is 70.8 Å². The lowest BCUT2D eigenvalue weighted by molar-refractivity contribution is -0.0161. The van der Waals surface area contributed by atoms with Gasteiger partial charge in [-0.1, -0.05) is 12.1 Å². The van der Waals surface area contributed by atoms with Gasteiger partial charge in [0.25, 0.3) is 0 Å². The van der Waals surface area contributed by atoms with Crippen molar-refractivity contribution in [2.75, 3.05) is 80.3 Å². The van der Waals surface area contributed by atoms with Crippen LogP contribution in [0.2, 0.25) is 0 Å². The molecule has 0 spiro atoms. The third-order valence-corrected chi connectivity index (χ3v) is 5.51. The highest BCUT2D eigenvalue weighted by molar-refractivity contribution is 14.0. The molecule has 0 aliphatic carbocycles. The van der Waals surface area contributed by atoms with Gasteiger partial charge in [-0.2, -0.15) is 0 Å². The second kappa shape index (κ2) is 13.3. The summed E-state index contributed by atoms with van der Waals surface area (Å²) in [4.78, 5) is 9.15. The third-order valence-electron chi connectivity index (χ3n) is 5.51. The molecule has 2 aliphatic heterocycles. The first-order chi connectivity index (χ1) is 14.2. The van der Waals surface area contributed by atoms with Crippen molar-refractivity contribution < 1.29 is 14.2 Å². The van der Waals surface area contributed by atoms with Crippen LogP contribution in [0.5, 0.6) is 5.75 Å². The lowest BCUT2D eigenvalue weighted by Crippen LogP contribution is -2.50. The summed E-state index contributed by atoms with van der Waals surface area (Å²) in [6, 6.07) is 8.56. The monoisotopic (exact) mass is 533 g/mol. The van der Waals surface area contributed by atoms with Crippen LogP contribution in [-0.2, 0) is 9.47 Å². The second-order valence-electron chi connectivity index (χ2n) is 7.53. The van der Waals surface area contributed by atoms with E-state index in [0.29, 0.717) is 0 Å². The fourth-order valence-corrected chi connectivity index (χ4v) is 3.79. The molecule has 0 amide bonds. The Morgan fingerprint density at radius 2 is 1.90 bits per heavy atom. The number of ether oxygens (including phenoxy) is 3. The molecule has 3 rings (SSSR count). The summed E-state index contributed by atoms with van der Waals surface area (Å²) in [6.45, 7) is 7.61. The van der Waals surface area contributed by atoms with Gasteiger partial charge >= 0.3 is 0 Å². The van der Waals surface area contributed by atoms with Crippen LogP contribution < -0.4 is 15.4 Å². The molecule has 1 aromatic rings. The third kappa shape index (κ3) is 7.52. The Labute approximate surface area is 197 Å². The van der Waals surface area contributed by atoms with Crippen LogP contribution in [0.25, 0.3) is 0 Å². The zero-order valence-corrected chi connectivity index (χ0v) is 20.6. The lowest BCUT2D eigenvalue weighted by atomic mass is 10.0. The maximum absolute atomic E-state index is 5.83. The van der Waals surface area contributed by atoms with Gasteiger partial charge in [-0.3, -0.25) is 9.89 Å². The molecule has 2 heterocycles. The standard InChI is InChI=1S/C21H35N5O3.HI/c1-22-21(23-14-19-16-25(2)8-13-29-19)24-15-20(26-9-11-28-12-10-26)17-4-6-18(27-3)7-5-17;/h4-7,19-20H,8-16H2,1-3H3,(H2,22,23,24);1H. The normalized spacial score (nSPS) is 22.1. The minimum absolute atomic E-state index is 0. The fraction of sp³-hybridized carbons (Fsp3) is 0.667. The molecule has 0 aromatic heterocycles. The van der Waals surface area contributed by atoms with Gasteiger partial charge in [0, 0.05) is 46.3 Å². The molecule has 170 valence electrons. The van der Waals surface area contributed by atoms with Gasteiger partial charge in [0.05, 0.1) is 39.1 Å². The summed E-state index contributed by atoms with van der Waals surface area (Å²) < 4.78 is 16.7. The number of likely N-dealkylation sites (N-methyl/N-ethyl adjacent to an activating group) is 1. The molecule has 2 unspecified atom stereocenters. The van der Waals surface area contributed by atoms with E-state index >= 15 is 0 Å². The van der Waals surface area contributed by atoms with Gasteiger partial charge in [-0.25, -0.2) is 0 Å². The SMILES string of the molecule is CN=C(NCC1CN(C)CCO1)NCC(c1ccc(OC)cc1)N1CCOCC1.I. The molecule has 2 fully saturated rings. The number of nitrogens with one attached hydrogen (secondary N) is 2. The maximum atomic E-state index is 5.83. The largest absolute Gasteiger partial charge is 0.497 e. The van der Waals surface area contributed by atoms with Crippen molar-refractivity contribution >= 4 is 29.9 Å². The van der Waals surface area contributed by atoms with Crippen LogP contribution >= 0.6 is 24.0 Å². The van der Waals surface area contributed by atoms with Crippen molar-refractivity contribution in [1.82, 2.24) is 20.4 Å². The van der Waals surface area contributed by atoms with Crippen molar-refractivity contribution in [2.24, 2.45) is 4.99 Å². The number of nitrogens with zero attached hydrogens (tertiary/aromatic N) is 3. The Balaban J connectivity index is 0.00000320. The van der Waals surface area contributed by atoms with Crippen molar-refractivity contribution in [3.8, 4) is 5.75 Å². The molecule has 2 N–H and O–H groups in total. The molecule has 2 aliphatic rings. The van der Waals surface area contributed by atoms with Gasteiger partial charge in [-0.15, -0.1) is 24.0 Å². The summed E-state index contributed by atoms with van der Waals surface area (Å²) in [5.41, 5.74) is 1.26. The van der Waals surface area contributed by atoms with Crippen LogP contribution in [-0.4, -0.2) is 102 Å². The van der Waals surface area contributed by atoms with Gasteiger partial charge in [0.15, 0.2) is 5.96 Å². The zero-order valence-electron chi connectivity index (χ0n) is 18.3. The van der Waals surface area contributed by atoms with Crippen molar-refractivity contribution in [2.45, 2.75) is 12.1 Å². The van der Waals surface area contributed by atoms with Crippen LogP contribution in [0, 0.1) is 0 Å². The number of benzene rings is 1. The number of halogens is 1. The summed E-state index contributed by atoms with van der Waals surface area (Å²) in [5, 5.41) is 6.91. The maximum Gasteiger partial charge on any atom is 0.191 e. The molecular weight excluding hydrogens is 497 g/mol. The van der Waals surface area contributed by atoms with Crippen molar-refractivity contribution in [3.63, 3.8) is 0 Å². The van der Waals surface area contributed by atoms with Gasteiger partial charge in [0.2, 0.25) is 0 Å². The van der Waals surface area contributed by atoms with E-state index < -0.39 is 0 Å². The highest BCUT2D eigenvalue weighted by Crippen LogP contribution is 2.23. The minimum Gasteiger partial charge on any atom is -0.497 e. The fourth-order valence-electron chi connectivity index (χ4n) is 3.79. The van der Waals surface area contributed by atoms with E-state index in [9.17, 15) is 0 Å². The van der Waals surface area contributed by atoms with Gasteiger partial charge in [-0.05, 0) is 24.7 Å². The summed E-state index contributed by atoms with van der Waals surface area (Å²) in [7, 11) is 5.63. The van der Waals surface area contributed by atoms with Crippen LogP contribution in [0.3, 0.4) is 0 Å². The molecule has 8 nitrogen and oxygen atoms in total. The Morgan fingerprint density at radius 1 is 1.17 bits per heavy atom. The molecular formula is C21H36IN5O3. The number of methoxy groups -OCH3 is 1. The topological polar surface area (TPSA) is 70.6 Å². The first kappa shape index (κ1) is 25.1. The van der Waals surface area contributed by atoms with E-state index in [1.54, 1.807) is 14.2 Å². The van der Waals surface area contributed by atoms with Crippen molar-refractivity contribution in [1.29, 1.82) is 0 Å². The van der Waals surface area contributed by atoms with Gasteiger partial charge < -0.3 is 29.7 Å². The molecule has 2 atom stereocenters. The quantitative estimate of drug-likeness (QED) is 0.310. The molecule has 9 heteroatoms. The van der Waals surface area contributed by atoms with E-state index in [4.69, 9.17) is 14.2 Å². The average molecular weight is 533 g/mol. The Bertz CT molecular complexity index is 640. The molecule has 2 saturated heterocycles. The predicted octanol–water partition coefficient (Wildman–Crippen LogP) is 1.18. The highest BCUT2D eigenvalue weighted by Gasteiger charge is 2.23. The van der Waals surface area contributed by atoms with E-state index in [1.165, 1.54) is 5.56 Å². The molecule has 1 aromatic carbocycles. The number of hydrogen-bond donors (Lipinski definition) is 2. The first-order valence-corrected chi connectivity index (χ1v) is 10.4. The van der Waals surface area contributed by atoms with Gasteiger partial charge in [0.1, 0.15) is 5.75 Å². The van der Waals surface area contributed by atoms with E-state index in [1.807, 2.05) is 12.1 Å². The van der Waals surface area contributed by atoms with E-state index in [2.05, 4.69) is 44.6 Å². The highest BCUT2D eigenvalue weighted by atomic mass is 127.